The number of hydrogen-bond donors (Lipinski definition) is 1. The largest absolute Gasteiger partial charge is 0.465 e. The minimum absolute atomic E-state index is 0.0592. The highest BCUT2D eigenvalue weighted by atomic mass is 32.2. The van der Waals surface area contributed by atoms with Gasteiger partial charge in [-0.05, 0) is 6.42 Å². The van der Waals surface area contributed by atoms with Gasteiger partial charge in [0.15, 0.2) is 15.0 Å². The molecule has 2 aromatic heterocycles. The molecule has 158 valence electrons. The zero-order valence-electron chi connectivity index (χ0n) is 16.0. The second-order valence-electron chi connectivity index (χ2n) is 6.42. The third kappa shape index (κ3) is 4.26. The lowest BCUT2D eigenvalue weighted by Crippen LogP contribution is -2.10. The third-order valence-electron chi connectivity index (χ3n) is 4.61. The normalized spacial score (nSPS) is 18.0. The molecular weight excluding hydrogens is 440 g/mol. The van der Waals surface area contributed by atoms with Gasteiger partial charge < -0.3 is 19.8 Å². The molecule has 1 saturated heterocycles. The zero-order valence-corrected chi connectivity index (χ0v) is 18.4. The van der Waals surface area contributed by atoms with Crippen LogP contribution in [0.4, 0.5) is 5.00 Å². The summed E-state index contributed by atoms with van der Waals surface area (Å²) in [4.78, 5) is 24.5. The fourth-order valence-electron chi connectivity index (χ4n) is 3.15. The second-order valence-corrected chi connectivity index (χ2v) is 10.6. The molecule has 13 heteroatoms. The van der Waals surface area contributed by atoms with E-state index >= 15 is 0 Å². The van der Waals surface area contributed by atoms with Crippen LogP contribution in [0, 0.1) is 0 Å². The van der Waals surface area contributed by atoms with E-state index in [-0.39, 0.29) is 38.6 Å². The van der Waals surface area contributed by atoms with E-state index in [1.54, 1.807) is 11.6 Å². The van der Waals surface area contributed by atoms with Crippen LogP contribution < -0.4 is 5.73 Å². The molecule has 0 aromatic carbocycles. The smallest absolute Gasteiger partial charge is 0.348 e. The molecule has 1 unspecified atom stereocenters. The van der Waals surface area contributed by atoms with Crippen LogP contribution in [0.3, 0.4) is 0 Å². The maximum Gasteiger partial charge on any atom is 0.348 e. The second kappa shape index (κ2) is 8.32. The number of rotatable bonds is 6. The number of nitrogens with two attached hydrogens (primary N) is 1. The highest BCUT2D eigenvalue weighted by Gasteiger charge is 2.33. The summed E-state index contributed by atoms with van der Waals surface area (Å²) in [6.07, 6.45) is 0.513. The van der Waals surface area contributed by atoms with E-state index in [0.717, 1.165) is 11.3 Å². The first-order chi connectivity index (χ1) is 13.7. The number of ether oxygens (including phenoxy) is 2. The molecular formula is C16H20N4O6S3. The van der Waals surface area contributed by atoms with Gasteiger partial charge in [0.25, 0.3) is 0 Å². The highest BCUT2D eigenvalue weighted by Crippen LogP contribution is 2.37. The fraction of sp³-hybridized carbons (Fsp3) is 0.500. The molecule has 0 radical (unpaired) electrons. The van der Waals surface area contributed by atoms with Crippen molar-refractivity contribution in [3.8, 4) is 0 Å². The maximum absolute atomic E-state index is 12.1. The quantitative estimate of drug-likeness (QED) is 0.493. The van der Waals surface area contributed by atoms with Crippen molar-refractivity contribution in [2.45, 2.75) is 23.2 Å². The molecule has 1 aliphatic heterocycles. The topological polar surface area (TPSA) is 143 Å². The highest BCUT2D eigenvalue weighted by molar-refractivity contribution is 7.98. The molecule has 2 aromatic rings. The summed E-state index contributed by atoms with van der Waals surface area (Å²) in [5.41, 5.74) is 6.47. The number of thioether (sulfide) groups is 1. The SMILES string of the molecule is COC(=O)c1sc(N)c(C(=O)OC)c1CSc1nnc(C2CCS(=O)(=O)C2)n1C. The molecule has 29 heavy (non-hydrogen) atoms. The van der Waals surface area contributed by atoms with Gasteiger partial charge in [-0.25, -0.2) is 18.0 Å². The number of hydrogen-bond acceptors (Lipinski definition) is 11. The predicted molar refractivity (Wildman–Crippen MR) is 108 cm³/mol. The Morgan fingerprint density at radius 2 is 1.97 bits per heavy atom. The van der Waals surface area contributed by atoms with E-state index in [9.17, 15) is 18.0 Å². The summed E-state index contributed by atoms with van der Waals surface area (Å²) in [5.74, 6) is -0.422. The van der Waals surface area contributed by atoms with Crippen LogP contribution in [-0.2, 0) is 32.1 Å². The molecule has 1 fully saturated rings. The molecule has 0 amide bonds. The summed E-state index contributed by atoms with van der Waals surface area (Å²) >= 11 is 2.21. The van der Waals surface area contributed by atoms with Crippen molar-refractivity contribution in [3.05, 3.63) is 21.8 Å². The van der Waals surface area contributed by atoms with Crippen LogP contribution in [0.2, 0.25) is 0 Å². The third-order valence-corrected chi connectivity index (χ3v) is 8.46. The Morgan fingerprint density at radius 3 is 2.55 bits per heavy atom. The van der Waals surface area contributed by atoms with Gasteiger partial charge in [-0.1, -0.05) is 11.8 Å². The van der Waals surface area contributed by atoms with Crippen molar-refractivity contribution >= 4 is 49.9 Å². The summed E-state index contributed by atoms with van der Waals surface area (Å²) < 4.78 is 34.8. The minimum atomic E-state index is -3.04. The van der Waals surface area contributed by atoms with Gasteiger partial charge in [0.05, 0.1) is 31.3 Å². The van der Waals surface area contributed by atoms with Crippen molar-refractivity contribution in [2.24, 2.45) is 7.05 Å². The van der Waals surface area contributed by atoms with Gasteiger partial charge >= 0.3 is 11.9 Å². The summed E-state index contributed by atoms with van der Waals surface area (Å²) in [6, 6.07) is 0. The maximum atomic E-state index is 12.1. The fourth-order valence-corrected chi connectivity index (χ4v) is 6.92. The number of carbonyl (C=O) groups is 2. The van der Waals surface area contributed by atoms with E-state index in [1.165, 1.54) is 26.0 Å². The summed E-state index contributed by atoms with van der Waals surface area (Å²) in [6.45, 7) is 0. The summed E-state index contributed by atoms with van der Waals surface area (Å²) in [7, 11) is 1.20. The van der Waals surface area contributed by atoms with Crippen LogP contribution in [0.15, 0.2) is 5.16 Å². The number of carbonyl (C=O) groups excluding carboxylic acids is 2. The van der Waals surface area contributed by atoms with Crippen molar-refractivity contribution in [1.29, 1.82) is 0 Å². The Morgan fingerprint density at radius 1 is 1.28 bits per heavy atom. The number of sulfone groups is 1. The Balaban J connectivity index is 1.87. The average Bonchev–Trinajstić information content (AvgIpc) is 3.33. The van der Waals surface area contributed by atoms with Gasteiger partial charge in [0.1, 0.15) is 15.7 Å². The molecule has 1 atom stereocenters. The molecule has 1 aliphatic rings. The van der Waals surface area contributed by atoms with E-state index < -0.39 is 21.8 Å². The standard InChI is InChI=1S/C16H20N4O6S3/c1-20-13(8-4-5-29(23,24)7-8)18-19-16(20)27-6-9-10(14(21)25-2)12(17)28-11(9)15(22)26-3/h8H,4-7,17H2,1-3H3. The molecule has 3 heterocycles. The van der Waals surface area contributed by atoms with E-state index in [1.807, 2.05) is 0 Å². The monoisotopic (exact) mass is 460 g/mol. The van der Waals surface area contributed by atoms with Crippen LogP contribution in [0.5, 0.6) is 0 Å². The van der Waals surface area contributed by atoms with Crippen LogP contribution in [0.25, 0.3) is 0 Å². The van der Waals surface area contributed by atoms with Gasteiger partial charge in [-0.15, -0.1) is 21.5 Å². The Kier molecular flexibility index (Phi) is 6.19. The van der Waals surface area contributed by atoms with Gasteiger partial charge in [-0.2, -0.15) is 0 Å². The predicted octanol–water partition coefficient (Wildman–Crippen LogP) is 1.23. The Labute approximate surface area is 175 Å². The number of thiophene rings is 1. The van der Waals surface area contributed by atoms with Crippen LogP contribution >= 0.6 is 23.1 Å². The summed E-state index contributed by atoms with van der Waals surface area (Å²) in [5, 5.41) is 8.99. The van der Waals surface area contributed by atoms with Gasteiger partial charge in [-0.3, -0.25) is 0 Å². The number of methoxy groups -OCH3 is 2. The van der Waals surface area contributed by atoms with Crippen molar-refractivity contribution < 1.29 is 27.5 Å². The zero-order chi connectivity index (χ0) is 21.3. The number of esters is 2. The van der Waals surface area contributed by atoms with Crippen molar-refractivity contribution in [1.82, 2.24) is 14.8 Å². The first kappa shape index (κ1) is 21.6. The van der Waals surface area contributed by atoms with E-state index in [4.69, 9.17) is 15.2 Å². The lowest BCUT2D eigenvalue weighted by atomic mass is 10.1. The average molecular weight is 461 g/mol. The van der Waals surface area contributed by atoms with Gasteiger partial charge in [0.2, 0.25) is 0 Å². The Bertz CT molecular complexity index is 1060. The number of anilines is 1. The number of nitrogens with zero attached hydrogens (tertiary/aromatic N) is 3. The van der Waals surface area contributed by atoms with Crippen LogP contribution in [0.1, 0.15) is 43.8 Å². The van der Waals surface area contributed by atoms with Crippen molar-refractivity contribution in [3.63, 3.8) is 0 Å². The van der Waals surface area contributed by atoms with Crippen molar-refractivity contribution in [2.75, 3.05) is 31.5 Å². The Hall–Kier alpha value is -2.12. The first-order valence-electron chi connectivity index (χ1n) is 8.48. The lowest BCUT2D eigenvalue weighted by molar-refractivity contribution is 0.0601. The van der Waals surface area contributed by atoms with E-state index in [2.05, 4.69) is 10.2 Å². The molecule has 2 N–H and O–H groups in total. The molecule has 0 aliphatic carbocycles. The van der Waals surface area contributed by atoms with Crippen LogP contribution in [-0.4, -0.2) is 60.8 Å². The van der Waals surface area contributed by atoms with Gasteiger partial charge in [0, 0.05) is 24.3 Å². The molecule has 0 bridgehead atoms. The minimum Gasteiger partial charge on any atom is -0.465 e. The molecule has 0 spiro atoms. The molecule has 3 rings (SSSR count). The molecule has 0 saturated carbocycles. The number of nitrogen functional groups attached to an aromatic ring is 1. The molecule has 10 nitrogen and oxygen atoms in total. The first-order valence-corrected chi connectivity index (χ1v) is 12.1. The van der Waals surface area contributed by atoms with E-state index in [0.29, 0.717) is 23.0 Å². The lowest BCUT2D eigenvalue weighted by Gasteiger charge is -2.09. The number of aromatic nitrogens is 3.